The largest absolute Gasteiger partial charge is 0.295 e. The monoisotopic (exact) mass is 291 g/mol. The van der Waals surface area contributed by atoms with Crippen LogP contribution in [0.25, 0.3) is 6.08 Å². The zero-order valence-corrected chi connectivity index (χ0v) is 12.2. The number of carbonyl (C=O) groups is 2. The Bertz CT molecular complexity index is 718. The molecule has 0 spiro atoms. The highest BCUT2D eigenvalue weighted by Crippen LogP contribution is 2.35. The Morgan fingerprint density at radius 3 is 2.59 bits per heavy atom. The molecule has 1 aliphatic rings. The first-order chi connectivity index (χ1) is 10.7. The maximum atomic E-state index is 12.1. The first kappa shape index (κ1) is 14.4. The van der Waals surface area contributed by atoms with Crippen LogP contribution in [0, 0.1) is 0 Å². The first-order valence-electron chi connectivity index (χ1n) is 7.25. The lowest BCUT2D eigenvalue weighted by Gasteiger charge is -2.22. The SMILES string of the molecule is C=Cc1ccc(CN2Cc3ccccc3C2C(=O)C=O)cc1. The van der Waals surface area contributed by atoms with Gasteiger partial charge in [-0.05, 0) is 22.3 Å². The maximum absolute atomic E-state index is 12.1. The summed E-state index contributed by atoms with van der Waals surface area (Å²) in [6.45, 7) is 5.06. The topological polar surface area (TPSA) is 37.4 Å². The number of rotatable bonds is 5. The van der Waals surface area contributed by atoms with E-state index < -0.39 is 6.04 Å². The van der Waals surface area contributed by atoms with Gasteiger partial charge in [-0.15, -0.1) is 0 Å². The molecule has 1 aliphatic heterocycles. The second-order valence-corrected chi connectivity index (χ2v) is 5.47. The van der Waals surface area contributed by atoms with Crippen LogP contribution in [-0.2, 0) is 22.7 Å². The fraction of sp³-hybridized carbons (Fsp3) is 0.158. The molecular weight excluding hydrogens is 274 g/mol. The summed E-state index contributed by atoms with van der Waals surface area (Å²) >= 11 is 0. The van der Waals surface area contributed by atoms with Crippen molar-refractivity contribution >= 4 is 18.1 Å². The van der Waals surface area contributed by atoms with E-state index in [2.05, 4.69) is 6.58 Å². The Kier molecular flexibility index (Phi) is 3.98. The molecular formula is C19H17NO2. The highest BCUT2D eigenvalue weighted by Gasteiger charge is 2.34. The second kappa shape index (κ2) is 6.08. The molecule has 2 aromatic carbocycles. The van der Waals surface area contributed by atoms with E-state index in [1.165, 1.54) is 0 Å². The van der Waals surface area contributed by atoms with Crippen molar-refractivity contribution in [3.05, 3.63) is 77.4 Å². The molecule has 3 heteroatoms. The lowest BCUT2D eigenvalue weighted by atomic mass is 10.0. The third-order valence-electron chi connectivity index (χ3n) is 4.08. The number of benzene rings is 2. The molecule has 3 nitrogen and oxygen atoms in total. The van der Waals surface area contributed by atoms with Gasteiger partial charge in [0.05, 0.1) is 0 Å². The fourth-order valence-electron chi connectivity index (χ4n) is 2.99. The summed E-state index contributed by atoms with van der Waals surface area (Å²) in [7, 11) is 0. The average Bonchev–Trinajstić information content (AvgIpc) is 2.92. The number of hydrogen-bond acceptors (Lipinski definition) is 3. The molecule has 0 fully saturated rings. The van der Waals surface area contributed by atoms with E-state index in [4.69, 9.17) is 0 Å². The quantitative estimate of drug-likeness (QED) is 0.627. The van der Waals surface area contributed by atoms with Crippen molar-refractivity contribution in [2.75, 3.05) is 0 Å². The first-order valence-corrected chi connectivity index (χ1v) is 7.25. The highest BCUT2D eigenvalue weighted by molar-refractivity contribution is 6.27. The van der Waals surface area contributed by atoms with Crippen LogP contribution in [0.1, 0.15) is 28.3 Å². The van der Waals surface area contributed by atoms with Crippen molar-refractivity contribution in [2.45, 2.75) is 19.1 Å². The predicted molar refractivity (Wildman–Crippen MR) is 86.0 cm³/mol. The summed E-state index contributed by atoms with van der Waals surface area (Å²) < 4.78 is 0. The highest BCUT2D eigenvalue weighted by atomic mass is 16.2. The van der Waals surface area contributed by atoms with Crippen molar-refractivity contribution in [3.8, 4) is 0 Å². The molecule has 0 bridgehead atoms. The molecule has 0 aromatic heterocycles. The van der Waals surface area contributed by atoms with Crippen molar-refractivity contribution in [1.82, 2.24) is 4.90 Å². The molecule has 1 heterocycles. The number of aldehydes is 1. The predicted octanol–water partition coefficient (Wildman–Crippen LogP) is 3.15. The molecule has 0 radical (unpaired) electrons. The molecule has 0 amide bonds. The van der Waals surface area contributed by atoms with Gasteiger partial charge in [0.1, 0.15) is 6.04 Å². The molecule has 0 saturated carbocycles. The lowest BCUT2D eigenvalue weighted by molar-refractivity contribution is -0.133. The molecule has 1 unspecified atom stereocenters. The third kappa shape index (κ3) is 2.63. The van der Waals surface area contributed by atoms with Gasteiger partial charge < -0.3 is 0 Å². The van der Waals surface area contributed by atoms with Crippen molar-refractivity contribution < 1.29 is 9.59 Å². The molecule has 110 valence electrons. The van der Waals surface area contributed by atoms with E-state index in [1.807, 2.05) is 53.4 Å². The lowest BCUT2D eigenvalue weighted by Crippen LogP contribution is -2.28. The maximum Gasteiger partial charge on any atom is 0.216 e. The average molecular weight is 291 g/mol. The van der Waals surface area contributed by atoms with Gasteiger partial charge in [-0.1, -0.05) is 61.2 Å². The number of hydrogen-bond donors (Lipinski definition) is 0. The van der Waals surface area contributed by atoms with Crippen LogP contribution < -0.4 is 0 Å². The zero-order valence-electron chi connectivity index (χ0n) is 12.2. The summed E-state index contributed by atoms with van der Waals surface area (Å²) in [5.41, 5.74) is 4.24. The van der Waals surface area contributed by atoms with Gasteiger partial charge in [0.15, 0.2) is 6.29 Å². The van der Waals surface area contributed by atoms with E-state index in [1.54, 1.807) is 6.08 Å². The van der Waals surface area contributed by atoms with E-state index in [0.717, 1.165) is 22.3 Å². The summed E-state index contributed by atoms with van der Waals surface area (Å²) in [6, 6.07) is 15.4. The van der Waals surface area contributed by atoms with Gasteiger partial charge in [0.2, 0.25) is 5.78 Å². The minimum Gasteiger partial charge on any atom is -0.295 e. The van der Waals surface area contributed by atoms with E-state index in [0.29, 0.717) is 19.4 Å². The number of Topliss-reactive ketones (excluding diaryl/α,β-unsaturated/α-hetero) is 1. The number of fused-ring (bicyclic) bond motifs is 1. The van der Waals surface area contributed by atoms with Gasteiger partial charge in [-0.3, -0.25) is 14.5 Å². The van der Waals surface area contributed by atoms with Gasteiger partial charge in [-0.25, -0.2) is 0 Å². The molecule has 22 heavy (non-hydrogen) atoms. The van der Waals surface area contributed by atoms with E-state index in [-0.39, 0.29) is 5.78 Å². The van der Waals surface area contributed by atoms with Crippen LogP contribution in [-0.4, -0.2) is 17.0 Å². The van der Waals surface area contributed by atoms with Gasteiger partial charge in [0, 0.05) is 13.1 Å². The van der Waals surface area contributed by atoms with Gasteiger partial charge in [0.25, 0.3) is 0 Å². The summed E-state index contributed by atoms with van der Waals surface area (Å²) in [4.78, 5) is 25.1. The van der Waals surface area contributed by atoms with Crippen LogP contribution in [0.15, 0.2) is 55.1 Å². The van der Waals surface area contributed by atoms with Crippen molar-refractivity contribution in [2.24, 2.45) is 0 Å². The molecule has 0 aliphatic carbocycles. The van der Waals surface area contributed by atoms with Crippen LogP contribution in [0.4, 0.5) is 0 Å². The Morgan fingerprint density at radius 1 is 1.18 bits per heavy atom. The molecule has 0 saturated heterocycles. The van der Waals surface area contributed by atoms with Crippen LogP contribution >= 0.6 is 0 Å². The fourth-order valence-corrected chi connectivity index (χ4v) is 2.99. The standard InChI is InChI=1S/C19H17NO2/c1-2-14-7-9-15(10-8-14)11-20-12-16-5-3-4-6-17(16)19(20)18(22)13-21/h2-10,13,19H,1,11-12H2. The zero-order chi connectivity index (χ0) is 15.5. The number of ketones is 1. The smallest absolute Gasteiger partial charge is 0.216 e. The Hall–Kier alpha value is -2.52. The normalized spacial score (nSPS) is 17.0. The Morgan fingerprint density at radius 2 is 1.91 bits per heavy atom. The van der Waals surface area contributed by atoms with E-state index in [9.17, 15) is 9.59 Å². The van der Waals surface area contributed by atoms with Gasteiger partial charge >= 0.3 is 0 Å². The molecule has 0 N–H and O–H groups in total. The summed E-state index contributed by atoms with van der Waals surface area (Å²) in [6.07, 6.45) is 2.23. The van der Waals surface area contributed by atoms with Gasteiger partial charge in [-0.2, -0.15) is 0 Å². The van der Waals surface area contributed by atoms with Crippen molar-refractivity contribution in [3.63, 3.8) is 0 Å². The summed E-state index contributed by atoms with van der Waals surface area (Å²) in [5, 5.41) is 0. The van der Waals surface area contributed by atoms with Crippen LogP contribution in [0.2, 0.25) is 0 Å². The third-order valence-corrected chi connectivity index (χ3v) is 4.08. The van der Waals surface area contributed by atoms with Crippen LogP contribution in [0.3, 0.4) is 0 Å². The number of nitrogens with zero attached hydrogens (tertiary/aromatic N) is 1. The Labute approximate surface area is 129 Å². The molecule has 1 atom stereocenters. The van der Waals surface area contributed by atoms with E-state index >= 15 is 0 Å². The number of carbonyl (C=O) groups excluding carboxylic acids is 2. The minimum atomic E-state index is -0.465. The molecule has 2 aromatic rings. The molecule has 3 rings (SSSR count). The Balaban J connectivity index is 1.87. The summed E-state index contributed by atoms with van der Waals surface area (Å²) in [5.74, 6) is -0.382. The second-order valence-electron chi connectivity index (χ2n) is 5.47. The van der Waals surface area contributed by atoms with Crippen molar-refractivity contribution in [1.29, 1.82) is 0 Å². The van der Waals surface area contributed by atoms with Crippen LogP contribution in [0.5, 0.6) is 0 Å². The minimum absolute atomic E-state index is 0.382.